The molecule has 0 atom stereocenters. The molecule has 0 aliphatic heterocycles. The smallest absolute Gasteiger partial charge is 0.330 e. The molecule has 0 aliphatic carbocycles. The second kappa shape index (κ2) is 7.49. The molecule has 0 saturated carbocycles. The predicted octanol–water partition coefficient (Wildman–Crippen LogP) is 2.75. The van der Waals surface area contributed by atoms with Crippen LogP contribution in [-0.2, 0) is 16.0 Å². The summed E-state index contributed by atoms with van der Waals surface area (Å²) in [6.45, 7) is 6.33. The first-order valence-electron chi connectivity index (χ1n) is 5.77. The average Bonchev–Trinajstić information content (AvgIpc) is 2.38. The zero-order chi connectivity index (χ0) is 12.5. The average molecular weight is 234 g/mol. The van der Waals surface area contributed by atoms with Crippen molar-refractivity contribution in [2.45, 2.75) is 19.8 Å². The molecule has 3 nitrogen and oxygen atoms in total. The van der Waals surface area contributed by atoms with Gasteiger partial charge in [0.05, 0.1) is 13.2 Å². The van der Waals surface area contributed by atoms with E-state index < -0.39 is 5.97 Å². The Kier molecular flexibility index (Phi) is 5.86. The Morgan fingerprint density at radius 3 is 2.59 bits per heavy atom. The fraction of sp³-hybridized carbons (Fsp3) is 0.357. The van der Waals surface area contributed by atoms with Crippen LogP contribution in [-0.4, -0.2) is 19.2 Å². The van der Waals surface area contributed by atoms with Crippen LogP contribution in [0.25, 0.3) is 0 Å². The van der Waals surface area contributed by atoms with Crippen LogP contribution in [0, 0.1) is 0 Å². The Morgan fingerprint density at radius 1 is 1.29 bits per heavy atom. The Bertz CT molecular complexity index is 354. The summed E-state index contributed by atoms with van der Waals surface area (Å²) in [7, 11) is 0. The van der Waals surface area contributed by atoms with Crippen molar-refractivity contribution in [1.82, 2.24) is 0 Å². The van der Waals surface area contributed by atoms with Gasteiger partial charge in [0.2, 0.25) is 0 Å². The van der Waals surface area contributed by atoms with Crippen LogP contribution in [0.3, 0.4) is 0 Å². The lowest BCUT2D eigenvalue weighted by Crippen LogP contribution is -2.06. The summed E-state index contributed by atoms with van der Waals surface area (Å²) in [5.74, 6) is 0.453. The van der Waals surface area contributed by atoms with Gasteiger partial charge in [-0.3, -0.25) is 0 Å². The number of ether oxygens (including phenoxy) is 2. The van der Waals surface area contributed by atoms with E-state index in [0.717, 1.165) is 18.2 Å². The van der Waals surface area contributed by atoms with Crippen molar-refractivity contribution in [3.05, 3.63) is 42.5 Å². The van der Waals surface area contributed by atoms with E-state index in [2.05, 4.69) is 13.5 Å². The van der Waals surface area contributed by atoms with Crippen LogP contribution in [0.5, 0.6) is 5.75 Å². The lowest BCUT2D eigenvalue weighted by molar-refractivity contribution is -0.137. The molecule has 3 heteroatoms. The van der Waals surface area contributed by atoms with Crippen molar-refractivity contribution in [1.29, 1.82) is 0 Å². The highest BCUT2D eigenvalue weighted by Crippen LogP contribution is 2.12. The molecular formula is C14H18O3. The fourth-order valence-corrected chi connectivity index (χ4v) is 1.30. The van der Waals surface area contributed by atoms with E-state index in [1.165, 1.54) is 5.56 Å². The van der Waals surface area contributed by atoms with Gasteiger partial charge in [-0.1, -0.05) is 25.6 Å². The Balaban J connectivity index is 2.17. The molecule has 0 aromatic heterocycles. The lowest BCUT2D eigenvalue weighted by Gasteiger charge is -2.06. The summed E-state index contributed by atoms with van der Waals surface area (Å²) in [5.41, 5.74) is 1.29. The number of hydrogen-bond acceptors (Lipinski definition) is 3. The Labute approximate surface area is 102 Å². The second-order valence-electron chi connectivity index (χ2n) is 3.57. The van der Waals surface area contributed by atoms with Gasteiger partial charge in [-0.25, -0.2) is 4.79 Å². The molecule has 0 bridgehead atoms. The van der Waals surface area contributed by atoms with Crippen LogP contribution in [0.1, 0.15) is 18.9 Å². The molecule has 1 aromatic rings. The van der Waals surface area contributed by atoms with E-state index in [1.807, 2.05) is 24.3 Å². The molecule has 17 heavy (non-hydrogen) atoms. The monoisotopic (exact) mass is 234 g/mol. The molecule has 0 aliphatic rings. The number of hydrogen-bond donors (Lipinski definition) is 0. The van der Waals surface area contributed by atoms with Gasteiger partial charge in [-0.05, 0) is 24.1 Å². The third kappa shape index (κ3) is 5.20. The van der Waals surface area contributed by atoms with E-state index in [1.54, 1.807) is 0 Å². The second-order valence-corrected chi connectivity index (χ2v) is 3.57. The molecule has 1 aromatic carbocycles. The quantitative estimate of drug-likeness (QED) is 0.413. The van der Waals surface area contributed by atoms with Crippen LogP contribution in [0.2, 0.25) is 0 Å². The number of aryl methyl sites for hydroxylation is 1. The number of carbonyl (C=O) groups is 1. The summed E-state index contributed by atoms with van der Waals surface area (Å²) in [4.78, 5) is 10.7. The molecule has 0 radical (unpaired) electrons. The van der Waals surface area contributed by atoms with Gasteiger partial charge in [-0.2, -0.15) is 0 Å². The van der Waals surface area contributed by atoms with Gasteiger partial charge in [0, 0.05) is 12.5 Å². The zero-order valence-corrected chi connectivity index (χ0v) is 10.1. The van der Waals surface area contributed by atoms with Gasteiger partial charge >= 0.3 is 5.97 Å². The lowest BCUT2D eigenvalue weighted by atomic mass is 10.2. The van der Waals surface area contributed by atoms with E-state index in [0.29, 0.717) is 19.6 Å². The van der Waals surface area contributed by atoms with Crippen molar-refractivity contribution < 1.29 is 14.3 Å². The minimum atomic E-state index is -0.391. The molecule has 92 valence electrons. The topological polar surface area (TPSA) is 35.5 Å². The number of benzene rings is 1. The minimum absolute atomic E-state index is 0.359. The predicted molar refractivity (Wildman–Crippen MR) is 67.1 cm³/mol. The van der Waals surface area contributed by atoms with Gasteiger partial charge in [0.25, 0.3) is 0 Å². The van der Waals surface area contributed by atoms with Gasteiger partial charge in [0.1, 0.15) is 5.75 Å². The van der Waals surface area contributed by atoms with Gasteiger partial charge in [-0.15, -0.1) is 0 Å². The minimum Gasteiger partial charge on any atom is -0.493 e. The van der Waals surface area contributed by atoms with Crippen LogP contribution in [0.4, 0.5) is 0 Å². The maximum Gasteiger partial charge on any atom is 0.330 e. The molecule has 0 spiro atoms. The van der Waals surface area contributed by atoms with Gasteiger partial charge < -0.3 is 9.47 Å². The number of esters is 1. The maximum absolute atomic E-state index is 10.7. The van der Waals surface area contributed by atoms with Crippen molar-refractivity contribution in [2.75, 3.05) is 13.2 Å². The fourth-order valence-electron chi connectivity index (χ4n) is 1.30. The van der Waals surface area contributed by atoms with E-state index in [-0.39, 0.29) is 0 Å². The Hall–Kier alpha value is -1.77. The molecule has 0 unspecified atom stereocenters. The molecule has 0 saturated heterocycles. The van der Waals surface area contributed by atoms with Crippen molar-refractivity contribution >= 4 is 5.97 Å². The van der Waals surface area contributed by atoms with Crippen molar-refractivity contribution in [3.8, 4) is 5.75 Å². The summed E-state index contributed by atoms with van der Waals surface area (Å²) < 4.78 is 10.3. The first kappa shape index (κ1) is 13.3. The highest BCUT2D eigenvalue weighted by atomic mass is 16.5. The van der Waals surface area contributed by atoms with E-state index >= 15 is 0 Å². The summed E-state index contributed by atoms with van der Waals surface area (Å²) in [5, 5.41) is 0. The van der Waals surface area contributed by atoms with Crippen molar-refractivity contribution in [3.63, 3.8) is 0 Å². The third-order valence-electron chi connectivity index (χ3n) is 2.30. The standard InChI is InChI=1S/C14H18O3/c1-3-12-6-8-13(9-7-12)16-10-5-11-17-14(15)4-2/h4,6-9H,2-3,5,10-11H2,1H3. The molecule has 0 fully saturated rings. The van der Waals surface area contributed by atoms with E-state index in [9.17, 15) is 4.79 Å². The molecular weight excluding hydrogens is 216 g/mol. The first-order valence-corrected chi connectivity index (χ1v) is 5.77. The zero-order valence-electron chi connectivity index (χ0n) is 10.1. The van der Waals surface area contributed by atoms with Crippen molar-refractivity contribution in [2.24, 2.45) is 0 Å². The van der Waals surface area contributed by atoms with Crippen LogP contribution < -0.4 is 4.74 Å². The molecule has 0 amide bonds. The Morgan fingerprint density at radius 2 is 2.00 bits per heavy atom. The molecule has 0 N–H and O–H groups in total. The SMILES string of the molecule is C=CC(=O)OCCCOc1ccc(CC)cc1. The molecule has 1 rings (SSSR count). The first-order chi connectivity index (χ1) is 8.26. The third-order valence-corrected chi connectivity index (χ3v) is 2.30. The summed E-state index contributed by atoms with van der Waals surface area (Å²) in [6.07, 6.45) is 2.86. The van der Waals surface area contributed by atoms with Crippen LogP contribution in [0.15, 0.2) is 36.9 Å². The highest BCUT2D eigenvalue weighted by molar-refractivity contribution is 5.81. The van der Waals surface area contributed by atoms with Crippen LogP contribution >= 0.6 is 0 Å². The maximum atomic E-state index is 10.7. The van der Waals surface area contributed by atoms with E-state index in [4.69, 9.17) is 9.47 Å². The largest absolute Gasteiger partial charge is 0.493 e. The summed E-state index contributed by atoms with van der Waals surface area (Å²) in [6, 6.07) is 8.00. The molecule has 0 heterocycles. The summed E-state index contributed by atoms with van der Waals surface area (Å²) >= 11 is 0. The number of carbonyl (C=O) groups excluding carboxylic acids is 1. The highest BCUT2D eigenvalue weighted by Gasteiger charge is 1.97. The normalized spacial score (nSPS) is 9.71. The van der Waals surface area contributed by atoms with Gasteiger partial charge in [0.15, 0.2) is 0 Å². The number of rotatable bonds is 7.